The van der Waals surface area contributed by atoms with E-state index in [9.17, 15) is 23.8 Å². The lowest BCUT2D eigenvalue weighted by molar-refractivity contribution is -0.146. The highest BCUT2D eigenvalue weighted by Gasteiger charge is 2.41. The largest absolute Gasteiger partial charge is 0.431 e. The fourth-order valence-corrected chi connectivity index (χ4v) is 2.04. The molecule has 8 heteroatoms. The first-order valence-corrected chi connectivity index (χ1v) is 5.56. The summed E-state index contributed by atoms with van der Waals surface area (Å²) in [6.07, 6.45) is -0.509. The molecule has 0 aromatic heterocycles. The Hall–Kier alpha value is -1.44. The summed E-state index contributed by atoms with van der Waals surface area (Å²) in [5, 5.41) is 19.3. The Balaban J connectivity index is 2.59. The van der Waals surface area contributed by atoms with Crippen molar-refractivity contribution < 1.29 is 33.3 Å². The zero-order chi connectivity index (χ0) is 14.2. The van der Waals surface area contributed by atoms with E-state index < -0.39 is 37.0 Å². The number of alkyl halides is 2. The predicted octanol–water partition coefficient (Wildman–Crippen LogP) is 1.43. The summed E-state index contributed by atoms with van der Waals surface area (Å²) in [7, 11) is 0. The Kier molecular flexibility index (Phi) is 3.62. The van der Waals surface area contributed by atoms with Crippen LogP contribution in [0, 0.1) is 0 Å². The van der Waals surface area contributed by atoms with Crippen LogP contribution in [0.1, 0.15) is 12.0 Å². The molecule has 1 aromatic rings. The number of carbonyl (C=O) groups is 1. The third-order valence-corrected chi connectivity index (χ3v) is 2.87. The van der Waals surface area contributed by atoms with Crippen LogP contribution in [0.4, 0.5) is 8.78 Å². The van der Waals surface area contributed by atoms with Gasteiger partial charge < -0.3 is 19.7 Å². The summed E-state index contributed by atoms with van der Waals surface area (Å²) in [6.45, 7) is -3.94. The maximum absolute atomic E-state index is 12.3. The molecule has 1 aromatic carbocycles. The first-order chi connectivity index (χ1) is 8.85. The van der Waals surface area contributed by atoms with Crippen molar-refractivity contribution in [2.24, 2.45) is 0 Å². The van der Waals surface area contributed by atoms with Gasteiger partial charge in [-0.25, -0.2) is 0 Å². The summed E-state index contributed by atoms with van der Waals surface area (Å²) >= 11 is 5.73. The molecule has 1 atom stereocenters. The number of hydrogen-bond donors (Lipinski definition) is 2. The first-order valence-electron chi connectivity index (χ1n) is 5.18. The third kappa shape index (κ3) is 2.63. The van der Waals surface area contributed by atoms with Crippen molar-refractivity contribution >= 4 is 17.6 Å². The molecule has 1 aliphatic heterocycles. The van der Waals surface area contributed by atoms with E-state index in [0.717, 1.165) is 6.07 Å². The van der Waals surface area contributed by atoms with Gasteiger partial charge in [-0.2, -0.15) is 8.78 Å². The van der Waals surface area contributed by atoms with Gasteiger partial charge >= 0.3 is 12.6 Å². The summed E-state index contributed by atoms with van der Waals surface area (Å²) in [5.41, 5.74) is -2.01. The predicted molar refractivity (Wildman–Crippen MR) is 59.3 cm³/mol. The van der Waals surface area contributed by atoms with Crippen molar-refractivity contribution in [1.29, 1.82) is 0 Å². The van der Waals surface area contributed by atoms with Crippen LogP contribution in [0.5, 0.6) is 11.5 Å². The van der Waals surface area contributed by atoms with Crippen LogP contribution in [0.2, 0.25) is 5.02 Å². The summed E-state index contributed by atoms with van der Waals surface area (Å²) in [5.74, 6) is -1.71. The van der Waals surface area contributed by atoms with Crippen LogP contribution in [0.25, 0.3) is 0 Å². The van der Waals surface area contributed by atoms with Gasteiger partial charge in [0.1, 0.15) is 5.60 Å². The maximum atomic E-state index is 12.3. The maximum Gasteiger partial charge on any atom is 0.387 e. The van der Waals surface area contributed by atoms with Crippen molar-refractivity contribution in [2.45, 2.75) is 18.6 Å². The molecule has 0 unspecified atom stereocenters. The van der Waals surface area contributed by atoms with E-state index in [-0.39, 0.29) is 16.3 Å². The van der Waals surface area contributed by atoms with Crippen LogP contribution >= 0.6 is 11.6 Å². The second-order valence-corrected chi connectivity index (χ2v) is 4.44. The fraction of sp³-hybridized carbons (Fsp3) is 0.364. The number of benzene rings is 1. The lowest BCUT2D eigenvalue weighted by atomic mass is 9.88. The van der Waals surface area contributed by atoms with E-state index in [0.29, 0.717) is 0 Å². The number of aliphatic hydroxyl groups is 2. The van der Waals surface area contributed by atoms with Gasteiger partial charge in [0.25, 0.3) is 0 Å². The van der Waals surface area contributed by atoms with E-state index in [4.69, 9.17) is 16.3 Å². The minimum absolute atomic E-state index is 0.000719. The van der Waals surface area contributed by atoms with Crippen molar-refractivity contribution in [3.05, 3.63) is 22.7 Å². The fourth-order valence-electron chi connectivity index (χ4n) is 1.83. The van der Waals surface area contributed by atoms with Crippen LogP contribution in [0.15, 0.2) is 12.1 Å². The monoisotopic (exact) mass is 294 g/mol. The Morgan fingerprint density at radius 1 is 1.53 bits per heavy atom. The zero-order valence-electron chi connectivity index (χ0n) is 9.40. The number of ether oxygens (including phenoxy) is 2. The van der Waals surface area contributed by atoms with E-state index in [1.807, 2.05) is 0 Å². The Morgan fingerprint density at radius 3 is 2.79 bits per heavy atom. The highest BCUT2D eigenvalue weighted by Crippen LogP contribution is 2.45. The van der Waals surface area contributed by atoms with E-state index in [2.05, 4.69) is 4.74 Å². The van der Waals surface area contributed by atoms with Crippen molar-refractivity contribution in [3.8, 4) is 11.5 Å². The average molecular weight is 295 g/mol. The quantitative estimate of drug-likeness (QED) is 0.651. The molecule has 0 amide bonds. The topological polar surface area (TPSA) is 76.0 Å². The molecular weight excluding hydrogens is 286 g/mol. The molecule has 0 spiro atoms. The number of aliphatic hydroxyl groups excluding tert-OH is 1. The van der Waals surface area contributed by atoms with Crippen molar-refractivity contribution in [1.82, 2.24) is 0 Å². The van der Waals surface area contributed by atoms with Crippen LogP contribution in [-0.4, -0.2) is 29.4 Å². The summed E-state index contributed by atoms with van der Waals surface area (Å²) < 4.78 is 33.5. The van der Waals surface area contributed by atoms with Crippen molar-refractivity contribution in [2.75, 3.05) is 6.61 Å². The van der Waals surface area contributed by atoms with Crippen LogP contribution in [0.3, 0.4) is 0 Å². The van der Waals surface area contributed by atoms with E-state index in [1.54, 1.807) is 0 Å². The number of halogens is 3. The van der Waals surface area contributed by atoms with Gasteiger partial charge in [0.2, 0.25) is 0 Å². The summed E-state index contributed by atoms with van der Waals surface area (Å²) in [4.78, 5) is 11.4. The first kappa shape index (κ1) is 14.0. The van der Waals surface area contributed by atoms with Gasteiger partial charge in [0.05, 0.1) is 13.0 Å². The molecule has 1 heterocycles. The van der Waals surface area contributed by atoms with Crippen LogP contribution in [-0.2, 0) is 10.4 Å². The number of hydrogen-bond acceptors (Lipinski definition) is 5. The molecule has 0 fully saturated rings. The highest BCUT2D eigenvalue weighted by molar-refractivity contribution is 6.30. The summed E-state index contributed by atoms with van der Waals surface area (Å²) in [6, 6.07) is 2.25. The SMILES string of the molecule is O=C1C[C@](O)(CO)c2cc(Cl)cc(OC(F)F)c2O1. The lowest BCUT2D eigenvalue weighted by Gasteiger charge is -2.32. The molecule has 104 valence electrons. The van der Waals surface area contributed by atoms with Gasteiger partial charge in [0.15, 0.2) is 11.5 Å². The molecule has 2 rings (SSSR count). The van der Waals surface area contributed by atoms with Gasteiger partial charge in [-0.1, -0.05) is 11.6 Å². The number of esters is 1. The van der Waals surface area contributed by atoms with Gasteiger partial charge in [-0.15, -0.1) is 0 Å². The molecule has 5 nitrogen and oxygen atoms in total. The number of carbonyl (C=O) groups excluding carboxylic acids is 1. The smallest absolute Gasteiger partial charge is 0.387 e. The minimum atomic E-state index is -3.15. The van der Waals surface area contributed by atoms with Gasteiger partial charge in [-0.05, 0) is 6.07 Å². The van der Waals surface area contributed by atoms with Crippen LogP contribution < -0.4 is 9.47 Å². The molecule has 2 N–H and O–H groups in total. The lowest BCUT2D eigenvalue weighted by Crippen LogP contribution is -2.39. The molecule has 19 heavy (non-hydrogen) atoms. The Labute approximate surface area is 111 Å². The van der Waals surface area contributed by atoms with Gasteiger partial charge in [0, 0.05) is 16.7 Å². The standard InChI is InChI=1S/C11H9ClF2O5/c12-5-1-6-9(7(2-5)18-10(13)14)19-8(16)3-11(6,17)4-15/h1-2,10,15,17H,3-4H2/t11-/m0/s1. The molecule has 0 saturated heterocycles. The van der Waals surface area contributed by atoms with E-state index in [1.165, 1.54) is 6.07 Å². The minimum Gasteiger partial charge on any atom is -0.431 e. The normalized spacial score (nSPS) is 22.1. The Bertz CT molecular complexity index is 522. The molecule has 0 bridgehead atoms. The van der Waals surface area contributed by atoms with Gasteiger partial charge in [-0.3, -0.25) is 4.79 Å². The highest BCUT2D eigenvalue weighted by atomic mass is 35.5. The molecule has 1 aliphatic rings. The molecule has 0 saturated carbocycles. The van der Waals surface area contributed by atoms with Crippen molar-refractivity contribution in [3.63, 3.8) is 0 Å². The number of rotatable bonds is 3. The van der Waals surface area contributed by atoms with E-state index >= 15 is 0 Å². The average Bonchev–Trinajstić information content (AvgIpc) is 2.30. The zero-order valence-corrected chi connectivity index (χ0v) is 10.2. The second-order valence-electron chi connectivity index (χ2n) is 4.00. The Morgan fingerprint density at radius 2 is 2.21 bits per heavy atom. The second kappa shape index (κ2) is 4.92. The molecule has 0 radical (unpaired) electrons. The molecule has 0 aliphatic carbocycles. The third-order valence-electron chi connectivity index (χ3n) is 2.65. The number of fused-ring (bicyclic) bond motifs is 1. The molecular formula is C11H9ClF2O5.